The molecule has 18 heavy (non-hydrogen) atoms. The van der Waals surface area contributed by atoms with E-state index in [2.05, 4.69) is 5.32 Å². The van der Waals surface area contributed by atoms with Gasteiger partial charge < -0.3 is 15.0 Å². The van der Waals surface area contributed by atoms with Gasteiger partial charge in [0.2, 0.25) is 11.8 Å². The van der Waals surface area contributed by atoms with Gasteiger partial charge in [-0.2, -0.15) is 0 Å². The second-order valence-electron chi connectivity index (χ2n) is 4.84. The summed E-state index contributed by atoms with van der Waals surface area (Å²) >= 11 is 0. The summed E-state index contributed by atoms with van der Waals surface area (Å²) in [6.07, 6.45) is 1.89. The van der Waals surface area contributed by atoms with Crippen molar-refractivity contribution in [3.05, 3.63) is 0 Å². The zero-order chi connectivity index (χ0) is 13.5. The lowest BCUT2D eigenvalue weighted by Gasteiger charge is -2.35. The van der Waals surface area contributed by atoms with Crippen LogP contribution in [0.25, 0.3) is 0 Å². The molecule has 1 unspecified atom stereocenters. The molecule has 1 aliphatic heterocycles. The molecule has 2 amide bonds. The summed E-state index contributed by atoms with van der Waals surface area (Å²) in [5.41, 5.74) is 0. The summed E-state index contributed by atoms with van der Waals surface area (Å²) in [6.45, 7) is 7.74. The molecule has 1 atom stereocenters. The van der Waals surface area contributed by atoms with Crippen LogP contribution in [0, 0.1) is 5.92 Å². The summed E-state index contributed by atoms with van der Waals surface area (Å²) in [6, 6.07) is 0.187. The Kier molecular flexibility index (Phi) is 6.12. The molecule has 1 heterocycles. The summed E-state index contributed by atoms with van der Waals surface area (Å²) < 4.78 is 5.13. The van der Waals surface area contributed by atoms with Crippen LogP contribution >= 0.6 is 0 Å². The molecule has 1 saturated heterocycles. The Morgan fingerprint density at radius 1 is 1.39 bits per heavy atom. The molecule has 0 aliphatic carbocycles. The van der Waals surface area contributed by atoms with Crippen molar-refractivity contribution in [3.63, 3.8) is 0 Å². The highest BCUT2D eigenvalue weighted by Crippen LogP contribution is 2.20. The van der Waals surface area contributed by atoms with Crippen LogP contribution in [0.15, 0.2) is 0 Å². The molecule has 0 radical (unpaired) electrons. The normalized spacial score (nSPS) is 18.5. The van der Waals surface area contributed by atoms with Crippen LogP contribution in [0.1, 0.15) is 33.6 Å². The Balaban J connectivity index is 2.31. The van der Waals surface area contributed by atoms with Crippen LogP contribution in [0.3, 0.4) is 0 Å². The first-order valence-corrected chi connectivity index (χ1v) is 6.67. The minimum Gasteiger partial charge on any atom is -0.372 e. The number of amides is 2. The van der Waals surface area contributed by atoms with Gasteiger partial charge in [-0.3, -0.25) is 9.59 Å². The van der Waals surface area contributed by atoms with Gasteiger partial charge in [0, 0.05) is 32.7 Å². The summed E-state index contributed by atoms with van der Waals surface area (Å²) in [5.74, 6) is 0.546. The van der Waals surface area contributed by atoms with Crippen LogP contribution in [0.5, 0.6) is 0 Å². The van der Waals surface area contributed by atoms with E-state index >= 15 is 0 Å². The quantitative estimate of drug-likeness (QED) is 0.791. The summed E-state index contributed by atoms with van der Waals surface area (Å²) in [4.78, 5) is 24.6. The maximum Gasteiger partial charge on any atom is 0.248 e. The average molecular weight is 256 g/mol. The molecule has 0 saturated carbocycles. The van der Waals surface area contributed by atoms with E-state index in [4.69, 9.17) is 4.74 Å². The molecule has 0 aromatic rings. The highest BCUT2D eigenvalue weighted by atomic mass is 16.5. The van der Waals surface area contributed by atoms with Gasteiger partial charge in [-0.15, -0.1) is 0 Å². The smallest absolute Gasteiger partial charge is 0.248 e. The van der Waals surface area contributed by atoms with E-state index in [-0.39, 0.29) is 24.5 Å². The average Bonchev–Trinajstić information content (AvgIpc) is 2.35. The second-order valence-corrected chi connectivity index (χ2v) is 4.84. The molecule has 0 aromatic carbocycles. The fourth-order valence-electron chi connectivity index (χ4n) is 2.37. The lowest BCUT2D eigenvalue weighted by Crippen LogP contribution is -2.46. The second kappa shape index (κ2) is 7.36. The topological polar surface area (TPSA) is 58.6 Å². The number of likely N-dealkylation sites (tertiary alicyclic amines) is 1. The highest BCUT2D eigenvalue weighted by molar-refractivity contribution is 5.77. The summed E-state index contributed by atoms with van der Waals surface area (Å²) in [7, 11) is 0. The lowest BCUT2D eigenvalue weighted by molar-refractivity contribution is -0.137. The zero-order valence-corrected chi connectivity index (χ0v) is 11.6. The van der Waals surface area contributed by atoms with Gasteiger partial charge in [0.25, 0.3) is 0 Å². The van der Waals surface area contributed by atoms with Crippen molar-refractivity contribution in [2.24, 2.45) is 5.92 Å². The number of hydrogen-bond acceptors (Lipinski definition) is 3. The predicted octanol–water partition coefficient (Wildman–Crippen LogP) is 0.786. The van der Waals surface area contributed by atoms with Crippen molar-refractivity contribution >= 4 is 11.8 Å². The molecule has 5 nitrogen and oxygen atoms in total. The number of piperidine rings is 1. The van der Waals surface area contributed by atoms with Crippen LogP contribution in [0.4, 0.5) is 0 Å². The Labute approximate surface area is 109 Å². The van der Waals surface area contributed by atoms with Gasteiger partial charge in [-0.25, -0.2) is 0 Å². The van der Waals surface area contributed by atoms with E-state index < -0.39 is 0 Å². The van der Waals surface area contributed by atoms with Crippen molar-refractivity contribution in [2.45, 2.75) is 39.7 Å². The van der Waals surface area contributed by atoms with Crippen LogP contribution in [-0.4, -0.2) is 49.1 Å². The Morgan fingerprint density at radius 2 is 2.00 bits per heavy atom. The van der Waals surface area contributed by atoms with Crippen molar-refractivity contribution in [1.82, 2.24) is 10.2 Å². The third-order valence-corrected chi connectivity index (χ3v) is 3.46. The first kappa shape index (κ1) is 15.0. The maximum atomic E-state index is 11.7. The maximum absolute atomic E-state index is 11.7. The third-order valence-electron chi connectivity index (χ3n) is 3.46. The molecule has 5 heteroatoms. The summed E-state index contributed by atoms with van der Waals surface area (Å²) in [5, 5.41) is 2.92. The molecule has 0 spiro atoms. The number of nitrogens with zero attached hydrogens (tertiary/aromatic N) is 1. The molecule has 104 valence electrons. The largest absolute Gasteiger partial charge is 0.372 e. The first-order chi connectivity index (χ1) is 8.54. The van der Waals surface area contributed by atoms with Crippen LogP contribution in [-0.2, 0) is 14.3 Å². The molecule has 1 rings (SSSR count). The molecule has 1 N–H and O–H groups in total. The lowest BCUT2D eigenvalue weighted by atomic mass is 9.90. The molecule has 0 aromatic heterocycles. The SMILES string of the molecule is CCOCC(=O)N1CCC(C(C)NC(C)=O)CC1. The predicted molar refractivity (Wildman–Crippen MR) is 69.1 cm³/mol. The van der Waals surface area contributed by atoms with Crippen LogP contribution in [0.2, 0.25) is 0 Å². The van der Waals surface area contributed by atoms with Gasteiger partial charge in [-0.05, 0) is 32.6 Å². The number of hydrogen-bond donors (Lipinski definition) is 1. The highest BCUT2D eigenvalue weighted by Gasteiger charge is 2.26. The van der Waals surface area contributed by atoms with E-state index in [1.54, 1.807) is 0 Å². The monoisotopic (exact) mass is 256 g/mol. The number of ether oxygens (including phenoxy) is 1. The molecule has 1 aliphatic rings. The molecular weight excluding hydrogens is 232 g/mol. The standard InChI is InChI=1S/C13H24N2O3/c1-4-18-9-13(17)15-7-5-12(6-8-15)10(2)14-11(3)16/h10,12H,4-9H2,1-3H3,(H,14,16). The van der Waals surface area contributed by atoms with E-state index in [1.165, 1.54) is 6.92 Å². The fraction of sp³-hybridized carbons (Fsp3) is 0.846. The van der Waals surface area contributed by atoms with Crippen molar-refractivity contribution in [3.8, 4) is 0 Å². The number of carbonyl (C=O) groups excluding carboxylic acids is 2. The number of nitrogens with one attached hydrogen (secondary N) is 1. The number of carbonyl (C=O) groups is 2. The van der Waals surface area contributed by atoms with Crippen molar-refractivity contribution < 1.29 is 14.3 Å². The van der Waals surface area contributed by atoms with E-state index in [9.17, 15) is 9.59 Å². The minimum atomic E-state index is 0.0114. The van der Waals surface area contributed by atoms with E-state index in [0.29, 0.717) is 12.5 Å². The molecular formula is C13H24N2O3. The van der Waals surface area contributed by atoms with E-state index in [0.717, 1.165) is 25.9 Å². The Bertz CT molecular complexity index is 286. The Hall–Kier alpha value is -1.10. The molecule has 0 bridgehead atoms. The zero-order valence-electron chi connectivity index (χ0n) is 11.6. The molecule has 1 fully saturated rings. The van der Waals surface area contributed by atoms with Gasteiger partial charge in [-0.1, -0.05) is 0 Å². The first-order valence-electron chi connectivity index (χ1n) is 6.67. The fourth-order valence-corrected chi connectivity index (χ4v) is 2.37. The number of rotatable bonds is 5. The van der Waals surface area contributed by atoms with Crippen LogP contribution < -0.4 is 5.32 Å². The van der Waals surface area contributed by atoms with Gasteiger partial charge >= 0.3 is 0 Å². The Morgan fingerprint density at radius 3 is 2.50 bits per heavy atom. The van der Waals surface area contributed by atoms with Gasteiger partial charge in [0.1, 0.15) is 6.61 Å². The van der Waals surface area contributed by atoms with E-state index in [1.807, 2.05) is 18.7 Å². The van der Waals surface area contributed by atoms with Crippen molar-refractivity contribution in [2.75, 3.05) is 26.3 Å². The third kappa shape index (κ3) is 4.64. The van der Waals surface area contributed by atoms with Gasteiger partial charge in [0.15, 0.2) is 0 Å². The van der Waals surface area contributed by atoms with Crippen molar-refractivity contribution in [1.29, 1.82) is 0 Å². The minimum absolute atomic E-state index is 0.0114. The van der Waals surface area contributed by atoms with Gasteiger partial charge in [0.05, 0.1) is 0 Å².